The standard InChI is InChI=1S/C15H22ClN/c16-14-8-4-7-13(11-14)15(9-10-17)12-5-2-1-3-6-12/h4,7-8,11-12,15H,1-3,5-6,9-10,17H2. The maximum atomic E-state index is 6.10. The van der Waals surface area contributed by atoms with Crippen LogP contribution in [0.3, 0.4) is 0 Å². The highest BCUT2D eigenvalue weighted by Gasteiger charge is 2.24. The van der Waals surface area contributed by atoms with Crippen LogP contribution in [0.5, 0.6) is 0 Å². The summed E-state index contributed by atoms with van der Waals surface area (Å²) in [5, 5.41) is 0.848. The molecule has 1 atom stereocenters. The van der Waals surface area contributed by atoms with E-state index in [4.69, 9.17) is 17.3 Å². The van der Waals surface area contributed by atoms with Crippen LogP contribution in [0.15, 0.2) is 24.3 Å². The number of hydrogen-bond acceptors (Lipinski definition) is 1. The number of hydrogen-bond donors (Lipinski definition) is 1. The minimum absolute atomic E-state index is 0.610. The lowest BCUT2D eigenvalue weighted by atomic mass is 9.75. The van der Waals surface area contributed by atoms with Gasteiger partial charge < -0.3 is 5.73 Å². The molecule has 17 heavy (non-hydrogen) atoms. The van der Waals surface area contributed by atoms with Crippen molar-refractivity contribution in [3.05, 3.63) is 34.9 Å². The summed E-state index contributed by atoms with van der Waals surface area (Å²) in [7, 11) is 0. The Bertz CT molecular complexity index is 345. The Hall–Kier alpha value is -0.530. The van der Waals surface area contributed by atoms with Crippen molar-refractivity contribution in [2.75, 3.05) is 6.54 Å². The van der Waals surface area contributed by atoms with Crippen molar-refractivity contribution in [3.8, 4) is 0 Å². The van der Waals surface area contributed by atoms with Crippen LogP contribution in [-0.2, 0) is 0 Å². The fourth-order valence-corrected chi connectivity index (χ4v) is 3.33. The fraction of sp³-hybridized carbons (Fsp3) is 0.600. The van der Waals surface area contributed by atoms with Gasteiger partial charge in [-0.25, -0.2) is 0 Å². The molecule has 0 aliphatic heterocycles. The highest BCUT2D eigenvalue weighted by Crippen LogP contribution is 2.38. The molecule has 0 bridgehead atoms. The molecule has 1 aliphatic rings. The van der Waals surface area contributed by atoms with Crippen LogP contribution in [0.1, 0.15) is 50.0 Å². The van der Waals surface area contributed by atoms with Crippen LogP contribution in [0.4, 0.5) is 0 Å². The third kappa shape index (κ3) is 3.46. The van der Waals surface area contributed by atoms with Gasteiger partial charge in [-0.05, 0) is 55.3 Å². The van der Waals surface area contributed by atoms with Gasteiger partial charge in [0.05, 0.1) is 0 Å². The molecule has 1 saturated carbocycles. The van der Waals surface area contributed by atoms with Gasteiger partial charge in [-0.15, -0.1) is 0 Å². The van der Waals surface area contributed by atoms with Gasteiger partial charge in [-0.2, -0.15) is 0 Å². The Labute approximate surface area is 109 Å². The highest BCUT2D eigenvalue weighted by molar-refractivity contribution is 6.30. The summed E-state index contributed by atoms with van der Waals surface area (Å²) >= 11 is 6.10. The van der Waals surface area contributed by atoms with Crippen LogP contribution in [-0.4, -0.2) is 6.54 Å². The molecule has 0 spiro atoms. The van der Waals surface area contributed by atoms with Crippen molar-refractivity contribution in [3.63, 3.8) is 0 Å². The summed E-state index contributed by atoms with van der Waals surface area (Å²) < 4.78 is 0. The monoisotopic (exact) mass is 251 g/mol. The topological polar surface area (TPSA) is 26.0 Å². The maximum Gasteiger partial charge on any atom is 0.0408 e. The van der Waals surface area contributed by atoms with Crippen molar-refractivity contribution in [1.29, 1.82) is 0 Å². The average molecular weight is 252 g/mol. The molecule has 0 aromatic heterocycles. The molecule has 1 unspecified atom stereocenters. The zero-order valence-corrected chi connectivity index (χ0v) is 11.1. The van der Waals surface area contributed by atoms with Gasteiger partial charge in [0.2, 0.25) is 0 Å². The minimum atomic E-state index is 0.610. The molecular formula is C15H22ClN. The van der Waals surface area contributed by atoms with E-state index < -0.39 is 0 Å². The SMILES string of the molecule is NCCC(c1cccc(Cl)c1)C1CCCCC1. The van der Waals surface area contributed by atoms with Gasteiger partial charge in [-0.3, -0.25) is 0 Å². The van der Waals surface area contributed by atoms with Crippen molar-refractivity contribution in [2.45, 2.75) is 44.4 Å². The lowest BCUT2D eigenvalue weighted by Crippen LogP contribution is -2.19. The number of benzene rings is 1. The maximum absolute atomic E-state index is 6.10. The van der Waals surface area contributed by atoms with E-state index in [1.54, 1.807) is 0 Å². The first-order chi connectivity index (χ1) is 8.31. The van der Waals surface area contributed by atoms with Gasteiger partial charge in [0.15, 0.2) is 0 Å². The molecule has 0 saturated heterocycles. The van der Waals surface area contributed by atoms with E-state index in [2.05, 4.69) is 18.2 Å². The molecule has 0 amide bonds. The molecule has 2 rings (SSSR count). The molecule has 1 aromatic carbocycles. The lowest BCUT2D eigenvalue weighted by molar-refractivity contribution is 0.296. The van der Waals surface area contributed by atoms with E-state index in [1.807, 2.05) is 6.07 Å². The lowest BCUT2D eigenvalue weighted by Gasteiger charge is -2.30. The Balaban J connectivity index is 2.15. The first kappa shape index (κ1) is 12.9. The Kier molecular flexibility index (Phi) is 4.87. The summed E-state index contributed by atoms with van der Waals surface area (Å²) in [5.74, 6) is 1.42. The molecular weight excluding hydrogens is 230 g/mol. The van der Waals surface area contributed by atoms with Crippen LogP contribution in [0.25, 0.3) is 0 Å². The largest absolute Gasteiger partial charge is 0.330 e. The van der Waals surface area contributed by atoms with Gasteiger partial charge >= 0.3 is 0 Å². The van der Waals surface area contributed by atoms with E-state index in [0.717, 1.165) is 23.9 Å². The first-order valence-corrected chi connectivity index (χ1v) is 7.14. The average Bonchev–Trinajstić information content (AvgIpc) is 2.37. The van der Waals surface area contributed by atoms with Gasteiger partial charge in [0.25, 0.3) is 0 Å². The number of rotatable bonds is 4. The first-order valence-electron chi connectivity index (χ1n) is 6.77. The molecule has 1 aliphatic carbocycles. The van der Waals surface area contributed by atoms with Gasteiger partial charge in [0, 0.05) is 5.02 Å². The second-order valence-corrected chi connectivity index (χ2v) is 5.57. The van der Waals surface area contributed by atoms with Gasteiger partial charge in [0.1, 0.15) is 0 Å². The zero-order chi connectivity index (χ0) is 12.1. The number of halogens is 1. The second-order valence-electron chi connectivity index (χ2n) is 5.14. The fourth-order valence-electron chi connectivity index (χ4n) is 3.13. The summed E-state index contributed by atoms with van der Waals surface area (Å²) in [6.07, 6.45) is 7.97. The van der Waals surface area contributed by atoms with E-state index in [9.17, 15) is 0 Å². The highest BCUT2D eigenvalue weighted by atomic mass is 35.5. The predicted octanol–water partition coefficient (Wildman–Crippen LogP) is 4.35. The molecule has 1 nitrogen and oxygen atoms in total. The molecule has 0 heterocycles. The predicted molar refractivity (Wildman–Crippen MR) is 74.4 cm³/mol. The van der Waals surface area contributed by atoms with Crippen molar-refractivity contribution in [2.24, 2.45) is 11.7 Å². The molecule has 1 aromatic rings. The van der Waals surface area contributed by atoms with Crippen LogP contribution in [0, 0.1) is 5.92 Å². The third-order valence-corrected chi connectivity index (χ3v) is 4.21. The number of nitrogens with two attached hydrogens (primary N) is 1. The molecule has 2 heteroatoms. The van der Waals surface area contributed by atoms with Crippen LogP contribution < -0.4 is 5.73 Å². The minimum Gasteiger partial charge on any atom is -0.330 e. The Morgan fingerprint density at radius 2 is 2.00 bits per heavy atom. The summed E-state index contributed by atoms with van der Waals surface area (Å²) in [6, 6.07) is 8.34. The normalized spacial score (nSPS) is 19.2. The van der Waals surface area contributed by atoms with E-state index in [-0.39, 0.29) is 0 Å². The summed E-state index contributed by atoms with van der Waals surface area (Å²) in [6.45, 7) is 0.772. The summed E-state index contributed by atoms with van der Waals surface area (Å²) in [4.78, 5) is 0. The van der Waals surface area contributed by atoms with E-state index >= 15 is 0 Å². The zero-order valence-electron chi connectivity index (χ0n) is 10.4. The van der Waals surface area contributed by atoms with Crippen molar-refractivity contribution >= 4 is 11.6 Å². The van der Waals surface area contributed by atoms with Crippen molar-refractivity contribution < 1.29 is 0 Å². The molecule has 0 radical (unpaired) electrons. The molecule has 1 fully saturated rings. The van der Waals surface area contributed by atoms with Crippen LogP contribution in [0.2, 0.25) is 5.02 Å². The van der Waals surface area contributed by atoms with Crippen LogP contribution >= 0.6 is 11.6 Å². The van der Waals surface area contributed by atoms with Crippen molar-refractivity contribution in [1.82, 2.24) is 0 Å². The third-order valence-electron chi connectivity index (χ3n) is 3.97. The second kappa shape index (κ2) is 6.42. The van der Waals surface area contributed by atoms with E-state index in [0.29, 0.717) is 5.92 Å². The Morgan fingerprint density at radius 1 is 1.24 bits per heavy atom. The quantitative estimate of drug-likeness (QED) is 0.846. The smallest absolute Gasteiger partial charge is 0.0408 e. The Morgan fingerprint density at radius 3 is 2.65 bits per heavy atom. The van der Waals surface area contributed by atoms with E-state index in [1.165, 1.54) is 37.7 Å². The summed E-state index contributed by atoms with van der Waals surface area (Å²) in [5.41, 5.74) is 7.16. The molecule has 2 N–H and O–H groups in total. The molecule has 94 valence electrons. The van der Waals surface area contributed by atoms with Gasteiger partial charge in [-0.1, -0.05) is 43.0 Å².